The van der Waals surface area contributed by atoms with Crippen molar-refractivity contribution in [2.75, 3.05) is 11.1 Å². The van der Waals surface area contributed by atoms with Crippen LogP contribution in [0.2, 0.25) is 0 Å². The van der Waals surface area contributed by atoms with Gasteiger partial charge in [0.15, 0.2) is 9.84 Å². The van der Waals surface area contributed by atoms with Crippen molar-refractivity contribution < 1.29 is 18.0 Å². The number of amides is 2. The summed E-state index contributed by atoms with van der Waals surface area (Å²) in [5.41, 5.74) is 3.88. The predicted molar refractivity (Wildman–Crippen MR) is 120 cm³/mol. The van der Waals surface area contributed by atoms with Crippen molar-refractivity contribution in [3.63, 3.8) is 0 Å². The predicted octanol–water partition coefficient (Wildman–Crippen LogP) is 2.64. The SMILES string of the molecule is CC(=O)Nc1ccc(S(=O)(=O)C/C(=N/NC(=O)Cc2ccccc2)c2nccs2)cc1. The van der Waals surface area contributed by atoms with Gasteiger partial charge in [0, 0.05) is 24.2 Å². The number of nitrogens with one attached hydrogen (secondary N) is 2. The molecule has 0 saturated carbocycles. The fourth-order valence-corrected chi connectivity index (χ4v) is 4.67. The molecule has 2 N–H and O–H groups in total. The molecule has 3 aromatic rings. The average Bonchev–Trinajstić information content (AvgIpc) is 3.26. The molecular weight excluding hydrogens is 436 g/mol. The summed E-state index contributed by atoms with van der Waals surface area (Å²) in [5, 5.41) is 8.75. The molecule has 0 spiro atoms. The zero-order valence-corrected chi connectivity index (χ0v) is 18.2. The first-order valence-corrected chi connectivity index (χ1v) is 11.8. The topological polar surface area (TPSA) is 118 Å². The van der Waals surface area contributed by atoms with E-state index >= 15 is 0 Å². The average molecular weight is 457 g/mol. The summed E-state index contributed by atoms with van der Waals surface area (Å²) in [6.45, 7) is 1.37. The normalized spacial score (nSPS) is 11.7. The van der Waals surface area contributed by atoms with Crippen molar-refractivity contribution in [3.05, 3.63) is 76.7 Å². The Morgan fingerprint density at radius 2 is 1.77 bits per heavy atom. The number of aromatic nitrogens is 1. The summed E-state index contributed by atoms with van der Waals surface area (Å²) in [6.07, 6.45) is 1.66. The van der Waals surface area contributed by atoms with Crippen LogP contribution < -0.4 is 10.7 Å². The second kappa shape index (κ2) is 10.1. The molecule has 0 aliphatic heterocycles. The number of nitrogens with zero attached hydrogens (tertiary/aromatic N) is 2. The fraction of sp³-hybridized carbons (Fsp3) is 0.143. The van der Waals surface area contributed by atoms with Crippen LogP contribution in [0.5, 0.6) is 0 Å². The number of sulfone groups is 1. The van der Waals surface area contributed by atoms with Gasteiger partial charge in [-0.3, -0.25) is 9.59 Å². The van der Waals surface area contributed by atoms with E-state index in [9.17, 15) is 18.0 Å². The number of anilines is 1. The van der Waals surface area contributed by atoms with Gasteiger partial charge >= 0.3 is 0 Å². The number of hydrogen-bond acceptors (Lipinski definition) is 7. The molecule has 1 heterocycles. The van der Waals surface area contributed by atoms with Crippen molar-refractivity contribution in [1.82, 2.24) is 10.4 Å². The summed E-state index contributed by atoms with van der Waals surface area (Å²) in [6, 6.07) is 15.0. The van der Waals surface area contributed by atoms with Crippen LogP contribution >= 0.6 is 11.3 Å². The molecule has 2 aromatic carbocycles. The quantitative estimate of drug-likeness (QED) is 0.399. The Morgan fingerprint density at radius 3 is 2.39 bits per heavy atom. The van der Waals surface area contributed by atoms with E-state index in [4.69, 9.17) is 0 Å². The molecule has 0 radical (unpaired) electrons. The monoisotopic (exact) mass is 456 g/mol. The second-order valence-electron chi connectivity index (χ2n) is 6.56. The maximum atomic E-state index is 12.9. The number of carbonyl (C=O) groups is 2. The highest BCUT2D eigenvalue weighted by molar-refractivity contribution is 7.92. The zero-order valence-electron chi connectivity index (χ0n) is 16.6. The highest BCUT2D eigenvalue weighted by Crippen LogP contribution is 2.18. The van der Waals surface area contributed by atoms with E-state index in [1.165, 1.54) is 48.7 Å². The maximum Gasteiger partial charge on any atom is 0.244 e. The number of carbonyl (C=O) groups excluding carboxylic acids is 2. The zero-order chi connectivity index (χ0) is 22.3. The molecule has 31 heavy (non-hydrogen) atoms. The van der Waals surface area contributed by atoms with Crippen LogP contribution in [0.15, 0.2) is 76.2 Å². The molecule has 0 aliphatic carbocycles. The van der Waals surface area contributed by atoms with Gasteiger partial charge in [0.05, 0.1) is 11.3 Å². The molecule has 10 heteroatoms. The largest absolute Gasteiger partial charge is 0.326 e. The van der Waals surface area contributed by atoms with Gasteiger partial charge in [0.1, 0.15) is 16.5 Å². The highest BCUT2D eigenvalue weighted by Gasteiger charge is 2.21. The van der Waals surface area contributed by atoms with Crippen molar-refractivity contribution >= 4 is 44.4 Å². The minimum atomic E-state index is -3.77. The number of thiazole rings is 1. The number of hydrazone groups is 1. The molecule has 0 fully saturated rings. The van der Waals surface area contributed by atoms with Gasteiger partial charge in [-0.15, -0.1) is 11.3 Å². The summed E-state index contributed by atoms with van der Waals surface area (Å²) in [7, 11) is -3.77. The van der Waals surface area contributed by atoms with Gasteiger partial charge in [-0.2, -0.15) is 5.10 Å². The van der Waals surface area contributed by atoms with E-state index in [0.717, 1.165) is 5.56 Å². The van der Waals surface area contributed by atoms with Crippen LogP contribution in [0.4, 0.5) is 5.69 Å². The number of benzene rings is 2. The summed E-state index contributed by atoms with van der Waals surface area (Å²) in [5.74, 6) is -1.05. The van der Waals surface area contributed by atoms with E-state index in [0.29, 0.717) is 10.7 Å². The Labute approximate surface area is 184 Å². The van der Waals surface area contributed by atoms with E-state index in [2.05, 4.69) is 20.8 Å². The Kier molecular flexibility index (Phi) is 7.27. The summed E-state index contributed by atoms with van der Waals surface area (Å²) < 4.78 is 25.8. The summed E-state index contributed by atoms with van der Waals surface area (Å²) in [4.78, 5) is 27.6. The lowest BCUT2D eigenvalue weighted by molar-refractivity contribution is -0.120. The third kappa shape index (κ3) is 6.56. The van der Waals surface area contributed by atoms with Crippen molar-refractivity contribution in [2.24, 2.45) is 5.10 Å². The van der Waals surface area contributed by atoms with Gasteiger partial charge in [0.2, 0.25) is 11.8 Å². The van der Waals surface area contributed by atoms with E-state index < -0.39 is 15.6 Å². The van der Waals surface area contributed by atoms with Gasteiger partial charge in [-0.05, 0) is 29.8 Å². The lowest BCUT2D eigenvalue weighted by atomic mass is 10.1. The first kappa shape index (κ1) is 22.3. The van der Waals surface area contributed by atoms with Gasteiger partial charge in [0.25, 0.3) is 0 Å². The molecule has 0 bridgehead atoms. The van der Waals surface area contributed by atoms with Crippen LogP contribution in [-0.2, 0) is 25.8 Å². The van der Waals surface area contributed by atoms with Crippen LogP contribution in [0, 0.1) is 0 Å². The molecule has 0 saturated heterocycles. The molecular formula is C21H20N4O4S2. The molecule has 8 nitrogen and oxygen atoms in total. The second-order valence-corrected chi connectivity index (χ2v) is 9.44. The minimum absolute atomic E-state index is 0.0708. The Balaban J connectivity index is 1.77. The molecule has 0 atom stereocenters. The summed E-state index contributed by atoms with van der Waals surface area (Å²) >= 11 is 1.23. The Bertz CT molecular complexity index is 1170. The number of hydrogen-bond donors (Lipinski definition) is 2. The Morgan fingerprint density at radius 1 is 1.06 bits per heavy atom. The smallest absolute Gasteiger partial charge is 0.244 e. The van der Waals surface area contributed by atoms with E-state index in [1.807, 2.05) is 30.3 Å². The fourth-order valence-electron chi connectivity index (χ4n) is 2.67. The van der Waals surface area contributed by atoms with Gasteiger partial charge < -0.3 is 5.32 Å². The molecule has 2 amide bonds. The maximum absolute atomic E-state index is 12.9. The molecule has 1 aromatic heterocycles. The molecule has 160 valence electrons. The number of rotatable bonds is 8. The third-order valence-electron chi connectivity index (χ3n) is 4.06. The lowest BCUT2D eigenvalue weighted by Crippen LogP contribution is -2.25. The molecule has 0 unspecified atom stereocenters. The van der Waals surface area contributed by atoms with Crippen LogP contribution in [0.3, 0.4) is 0 Å². The van der Waals surface area contributed by atoms with Crippen LogP contribution in [0.1, 0.15) is 17.5 Å². The van der Waals surface area contributed by atoms with Crippen LogP contribution in [-0.4, -0.2) is 36.7 Å². The molecule has 0 aliphatic rings. The van der Waals surface area contributed by atoms with Gasteiger partial charge in [-0.1, -0.05) is 30.3 Å². The van der Waals surface area contributed by atoms with E-state index in [1.54, 1.807) is 5.38 Å². The van der Waals surface area contributed by atoms with Crippen molar-refractivity contribution in [3.8, 4) is 0 Å². The molecule has 3 rings (SSSR count). The Hall–Kier alpha value is -3.37. The third-order valence-corrected chi connectivity index (χ3v) is 6.53. The van der Waals surface area contributed by atoms with Crippen LogP contribution in [0.25, 0.3) is 0 Å². The van der Waals surface area contributed by atoms with Gasteiger partial charge in [-0.25, -0.2) is 18.8 Å². The van der Waals surface area contributed by atoms with Crippen molar-refractivity contribution in [1.29, 1.82) is 0 Å². The highest BCUT2D eigenvalue weighted by atomic mass is 32.2. The van der Waals surface area contributed by atoms with Crippen molar-refractivity contribution in [2.45, 2.75) is 18.2 Å². The lowest BCUT2D eigenvalue weighted by Gasteiger charge is -2.08. The minimum Gasteiger partial charge on any atom is -0.326 e. The standard InChI is InChI=1S/C21H20N4O4S2/c1-15(26)23-17-7-9-18(10-8-17)31(28,29)14-19(21-22-11-12-30-21)24-25-20(27)13-16-5-3-2-4-6-16/h2-12H,13-14H2,1H3,(H,23,26)(H,25,27)/b24-19-. The first-order valence-electron chi connectivity index (χ1n) is 9.23. The first-order chi connectivity index (χ1) is 14.8. The van der Waals surface area contributed by atoms with E-state index in [-0.39, 0.29) is 28.8 Å².